The van der Waals surface area contributed by atoms with Gasteiger partial charge in [0.05, 0.1) is 5.69 Å². The molecule has 0 aliphatic rings. The van der Waals surface area contributed by atoms with E-state index < -0.39 is 0 Å². The minimum atomic E-state index is -0.221. The van der Waals surface area contributed by atoms with Gasteiger partial charge in [0.15, 0.2) is 0 Å². The largest absolute Gasteiger partial charge is 0.339 e. The lowest BCUT2D eigenvalue weighted by Crippen LogP contribution is -2.17. The van der Waals surface area contributed by atoms with Crippen LogP contribution in [0.5, 0.6) is 0 Å². The Morgan fingerprint density at radius 1 is 1.25 bits per heavy atom. The Hall–Kier alpha value is -1.39. The van der Waals surface area contributed by atoms with Gasteiger partial charge in [-0.3, -0.25) is 0 Å². The molecule has 20 heavy (non-hydrogen) atoms. The predicted molar refractivity (Wildman–Crippen MR) is 85.8 cm³/mol. The molecule has 2 nitrogen and oxygen atoms in total. The maximum Gasteiger partial charge on any atom is 0.146 e. The van der Waals surface area contributed by atoms with Gasteiger partial charge in [0.25, 0.3) is 0 Å². The van der Waals surface area contributed by atoms with Crippen molar-refractivity contribution >= 4 is 27.3 Å². The number of benzene rings is 2. The van der Waals surface area contributed by atoms with E-state index in [9.17, 15) is 4.39 Å². The molecule has 2 aromatic carbocycles. The van der Waals surface area contributed by atoms with Crippen LogP contribution in [0.4, 0.5) is 15.8 Å². The van der Waals surface area contributed by atoms with Crippen molar-refractivity contribution in [2.24, 2.45) is 5.73 Å². The van der Waals surface area contributed by atoms with Gasteiger partial charge in [-0.25, -0.2) is 4.39 Å². The first-order valence-corrected chi connectivity index (χ1v) is 7.41. The van der Waals surface area contributed by atoms with Crippen molar-refractivity contribution in [1.29, 1.82) is 0 Å². The van der Waals surface area contributed by atoms with E-state index in [1.165, 1.54) is 6.07 Å². The van der Waals surface area contributed by atoms with E-state index in [-0.39, 0.29) is 11.9 Å². The second-order valence-electron chi connectivity index (χ2n) is 4.69. The van der Waals surface area contributed by atoms with E-state index >= 15 is 0 Å². The fourth-order valence-corrected chi connectivity index (χ4v) is 2.94. The highest BCUT2D eigenvalue weighted by Gasteiger charge is 2.13. The van der Waals surface area contributed by atoms with E-state index in [2.05, 4.69) is 15.9 Å². The average molecular weight is 337 g/mol. The molecule has 4 heteroatoms. The molecule has 0 radical (unpaired) electrons. The third-order valence-corrected chi connectivity index (χ3v) is 3.93. The fraction of sp³-hybridized carbons (Fsp3) is 0.250. The molecule has 0 aliphatic carbocycles. The summed E-state index contributed by atoms with van der Waals surface area (Å²) in [5, 5.41) is 0. The van der Waals surface area contributed by atoms with Gasteiger partial charge >= 0.3 is 0 Å². The minimum Gasteiger partial charge on any atom is -0.339 e. The highest BCUT2D eigenvalue weighted by molar-refractivity contribution is 9.10. The zero-order valence-corrected chi connectivity index (χ0v) is 13.2. The molecular formula is C16H18BrFN2. The maximum absolute atomic E-state index is 13.9. The van der Waals surface area contributed by atoms with Gasteiger partial charge in [0, 0.05) is 22.7 Å². The predicted octanol–water partition coefficient (Wildman–Crippen LogP) is 4.77. The van der Waals surface area contributed by atoms with Crippen LogP contribution in [-0.2, 0) is 0 Å². The molecule has 2 aromatic rings. The molecule has 0 aliphatic heterocycles. The van der Waals surface area contributed by atoms with Gasteiger partial charge in [-0.1, -0.05) is 34.1 Å². The van der Waals surface area contributed by atoms with E-state index in [4.69, 9.17) is 5.73 Å². The summed E-state index contributed by atoms with van der Waals surface area (Å²) in [7, 11) is 0. The first kappa shape index (κ1) is 15.0. The van der Waals surface area contributed by atoms with Gasteiger partial charge in [-0.05, 0) is 43.7 Å². The zero-order chi connectivity index (χ0) is 14.7. The van der Waals surface area contributed by atoms with Crippen molar-refractivity contribution in [3.05, 3.63) is 58.3 Å². The van der Waals surface area contributed by atoms with E-state index in [0.29, 0.717) is 12.2 Å². The van der Waals surface area contributed by atoms with Crippen molar-refractivity contribution in [1.82, 2.24) is 0 Å². The van der Waals surface area contributed by atoms with Crippen molar-refractivity contribution < 1.29 is 4.39 Å². The third-order valence-electron chi connectivity index (χ3n) is 3.25. The number of rotatable bonds is 4. The lowest BCUT2D eigenvalue weighted by atomic mass is 10.1. The number of nitrogens with two attached hydrogens (primary N) is 1. The Labute approximate surface area is 127 Å². The molecule has 2 N–H and O–H groups in total. The summed E-state index contributed by atoms with van der Waals surface area (Å²) in [4.78, 5) is 1.94. The molecule has 1 atom stereocenters. The molecule has 0 heterocycles. The first-order valence-electron chi connectivity index (χ1n) is 6.61. The number of para-hydroxylation sites is 1. The van der Waals surface area contributed by atoms with Crippen LogP contribution in [0.1, 0.15) is 25.5 Å². The molecule has 0 bridgehead atoms. The maximum atomic E-state index is 13.9. The second-order valence-corrected chi connectivity index (χ2v) is 5.54. The number of anilines is 2. The van der Waals surface area contributed by atoms with E-state index in [1.807, 2.05) is 43.0 Å². The summed E-state index contributed by atoms with van der Waals surface area (Å²) >= 11 is 3.54. The second kappa shape index (κ2) is 6.37. The number of nitrogens with zero attached hydrogens (tertiary/aromatic N) is 1. The summed E-state index contributed by atoms with van der Waals surface area (Å²) in [6.07, 6.45) is 0. The molecule has 106 valence electrons. The van der Waals surface area contributed by atoms with Crippen molar-refractivity contribution in [2.75, 3.05) is 11.4 Å². The minimum absolute atomic E-state index is 0.0398. The number of hydrogen-bond donors (Lipinski definition) is 1. The SMILES string of the molecule is CCN(c1ccc(C(C)N)c(Br)c1)c1ccccc1F. The van der Waals surface area contributed by atoms with E-state index in [1.54, 1.807) is 12.1 Å². The quantitative estimate of drug-likeness (QED) is 0.871. The van der Waals surface area contributed by atoms with Crippen LogP contribution in [0.2, 0.25) is 0 Å². The summed E-state index contributed by atoms with van der Waals surface area (Å²) in [6.45, 7) is 4.62. The Morgan fingerprint density at radius 3 is 2.50 bits per heavy atom. The van der Waals surface area contributed by atoms with Crippen LogP contribution >= 0.6 is 15.9 Å². The smallest absolute Gasteiger partial charge is 0.146 e. The lowest BCUT2D eigenvalue weighted by Gasteiger charge is -2.24. The van der Waals surface area contributed by atoms with Gasteiger partial charge in [0.1, 0.15) is 5.82 Å². The van der Waals surface area contributed by atoms with Crippen LogP contribution in [0.3, 0.4) is 0 Å². The summed E-state index contributed by atoms with van der Waals surface area (Å²) in [5.41, 5.74) is 8.46. The summed E-state index contributed by atoms with van der Waals surface area (Å²) < 4.78 is 14.9. The van der Waals surface area contributed by atoms with Crippen molar-refractivity contribution in [3.63, 3.8) is 0 Å². The number of hydrogen-bond acceptors (Lipinski definition) is 2. The number of halogens is 2. The zero-order valence-electron chi connectivity index (χ0n) is 11.6. The van der Waals surface area contributed by atoms with Crippen molar-refractivity contribution in [2.45, 2.75) is 19.9 Å². The standard InChI is InChI=1S/C16H18BrFN2/c1-3-20(16-7-5-4-6-15(16)18)12-8-9-13(11(2)19)14(17)10-12/h4-11H,3,19H2,1-2H3. The molecule has 2 rings (SSSR count). The van der Waals surface area contributed by atoms with E-state index in [0.717, 1.165) is 15.7 Å². The van der Waals surface area contributed by atoms with Crippen molar-refractivity contribution in [3.8, 4) is 0 Å². The monoisotopic (exact) mass is 336 g/mol. The molecule has 0 fully saturated rings. The molecule has 1 unspecified atom stereocenters. The Bertz CT molecular complexity index is 599. The van der Waals surface area contributed by atoms with Gasteiger partial charge in [0.2, 0.25) is 0 Å². The van der Waals surface area contributed by atoms with Crippen LogP contribution in [0, 0.1) is 5.82 Å². The van der Waals surface area contributed by atoms with Crippen LogP contribution in [0.25, 0.3) is 0 Å². The van der Waals surface area contributed by atoms with Gasteiger partial charge in [-0.2, -0.15) is 0 Å². The molecule has 0 spiro atoms. The lowest BCUT2D eigenvalue weighted by molar-refractivity contribution is 0.625. The van der Waals surface area contributed by atoms with Gasteiger partial charge in [-0.15, -0.1) is 0 Å². The average Bonchev–Trinajstić information content (AvgIpc) is 2.41. The Kier molecular flexibility index (Phi) is 4.78. The van der Waals surface area contributed by atoms with Gasteiger partial charge < -0.3 is 10.6 Å². The molecule has 0 aromatic heterocycles. The fourth-order valence-electron chi connectivity index (χ4n) is 2.22. The first-order chi connectivity index (χ1) is 9.54. The topological polar surface area (TPSA) is 29.3 Å². The molecule has 0 amide bonds. The van der Waals surface area contributed by atoms with Crippen LogP contribution in [0.15, 0.2) is 46.9 Å². The summed E-state index contributed by atoms with van der Waals surface area (Å²) in [6, 6.07) is 12.7. The molecular weight excluding hydrogens is 319 g/mol. The Balaban J connectivity index is 2.43. The van der Waals surface area contributed by atoms with Crippen LogP contribution < -0.4 is 10.6 Å². The highest BCUT2D eigenvalue weighted by Crippen LogP contribution is 2.32. The van der Waals surface area contributed by atoms with Crippen LogP contribution in [-0.4, -0.2) is 6.54 Å². The molecule has 0 saturated carbocycles. The normalized spacial score (nSPS) is 12.2. The summed E-state index contributed by atoms with van der Waals surface area (Å²) in [5.74, 6) is -0.221. The molecule has 0 saturated heterocycles. The Morgan fingerprint density at radius 2 is 1.95 bits per heavy atom. The highest BCUT2D eigenvalue weighted by atomic mass is 79.9. The third kappa shape index (κ3) is 3.02.